The van der Waals surface area contributed by atoms with Crippen molar-refractivity contribution in [1.82, 2.24) is 4.90 Å². The van der Waals surface area contributed by atoms with E-state index >= 15 is 0 Å². The van der Waals surface area contributed by atoms with Crippen LogP contribution in [0.1, 0.15) is 13.3 Å². The van der Waals surface area contributed by atoms with E-state index in [-0.39, 0.29) is 17.9 Å². The SMILES string of the molecule is CC[C@@H](N)C(=O)N1CC(C#N)C1. The van der Waals surface area contributed by atoms with Gasteiger partial charge < -0.3 is 10.6 Å². The molecule has 1 atom stereocenters. The molecule has 0 aromatic heterocycles. The summed E-state index contributed by atoms with van der Waals surface area (Å²) in [5, 5.41) is 8.46. The van der Waals surface area contributed by atoms with Crippen molar-refractivity contribution in [2.45, 2.75) is 19.4 Å². The van der Waals surface area contributed by atoms with Crippen LogP contribution in [0.3, 0.4) is 0 Å². The summed E-state index contributed by atoms with van der Waals surface area (Å²) in [6.07, 6.45) is 0.659. The first kappa shape index (κ1) is 9.01. The van der Waals surface area contributed by atoms with Gasteiger partial charge in [-0.15, -0.1) is 0 Å². The third-order valence-corrected chi connectivity index (χ3v) is 2.13. The molecule has 66 valence electrons. The highest BCUT2D eigenvalue weighted by molar-refractivity contribution is 5.82. The van der Waals surface area contributed by atoms with Crippen LogP contribution >= 0.6 is 0 Å². The molecule has 0 aromatic rings. The molecule has 1 fully saturated rings. The monoisotopic (exact) mass is 167 g/mol. The maximum Gasteiger partial charge on any atom is 0.239 e. The fourth-order valence-corrected chi connectivity index (χ4v) is 1.15. The molecule has 0 radical (unpaired) electrons. The van der Waals surface area contributed by atoms with E-state index in [0.29, 0.717) is 19.5 Å². The summed E-state index contributed by atoms with van der Waals surface area (Å²) in [7, 11) is 0. The van der Waals surface area contributed by atoms with Crippen LogP contribution in [0.15, 0.2) is 0 Å². The zero-order valence-electron chi connectivity index (χ0n) is 7.16. The Kier molecular flexibility index (Phi) is 2.66. The molecular formula is C8H13N3O. The summed E-state index contributed by atoms with van der Waals surface area (Å²) in [5.74, 6) is 0.00186. The lowest BCUT2D eigenvalue weighted by atomic mass is 10.0. The molecule has 2 N–H and O–H groups in total. The molecule has 1 heterocycles. The maximum atomic E-state index is 11.3. The molecule has 1 aliphatic heterocycles. The fourth-order valence-electron chi connectivity index (χ4n) is 1.15. The first-order chi connectivity index (χ1) is 5.69. The number of nitriles is 1. The predicted octanol–water partition coefficient (Wildman–Crippen LogP) is -0.294. The third-order valence-electron chi connectivity index (χ3n) is 2.13. The van der Waals surface area contributed by atoms with E-state index in [2.05, 4.69) is 6.07 Å². The van der Waals surface area contributed by atoms with Crippen LogP contribution in [0, 0.1) is 17.2 Å². The van der Waals surface area contributed by atoms with Gasteiger partial charge >= 0.3 is 0 Å². The molecule has 1 amide bonds. The minimum Gasteiger partial charge on any atom is -0.339 e. The first-order valence-electron chi connectivity index (χ1n) is 4.13. The lowest BCUT2D eigenvalue weighted by Gasteiger charge is -2.36. The summed E-state index contributed by atoms with van der Waals surface area (Å²) in [6.45, 7) is 3.00. The molecule has 1 saturated heterocycles. The summed E-state index contributed by atoms with van der Waals surface area (Å²) in [6, 6.07) is 1.72. The summed E-state index contributed by atoms with van der Waals surface area (Å²) in [4.78, 5) is 13.0. The van der Waals surface area contributed by atoms with Crippen molar-refractivity contribution >= 4 is 5.91 Å². The van der Waals surface area contributed by atoms with Gasteiger partial charge in [0.05, 0.1) is 18.0 Å². The van der Waals surface area contributed by atoms with E-state index in [0.717, 1.165) is 0 Å². The summed E-state index contributed by atoms with van der Waals surface area (Å²) < 4.78 is 0. The molecule has 0 unspecified atom stereocenters. The highest BCUT2D eigenvalue weighted by Gasteiger charge is 2.32. The first-order valence-corrected chi connectivity index (χ1v) is 4.13. The normalized spacial score (nSPS) is 19.6. The lowest BCUT2D eigenvalue weighted by Crippen LogP contribution is -2.54. The van der Waals surface area contributed by atoms with Crippen LogP contribution in [-0.4, -0.2) is 29.9 Å². The number of rotatable bonds is 2. The van der Waals surface area contributed by atoms with E-state index in [1.165, 1.54) is 0 Å². The number of carbonyl (C=O) groups excluding carboxylic acids is 1. The molecule has 1 aliphatic rings. The fraction of sp³-hybridized carbons (Fsp3) is 0.750. The predicted molar refractivity (Wildman–Crippen MR) is 43.9 cm³/mol. The standard InChI is InChI=1S/C8H13N3O/c1-2-7(10)8(12)11-4-6(3-9)5-11/h6-7H,2,4-5,10H2,1H3/t7-/m1/s1. The van der Waals surface area contributed by atoms with Gasteiger partial charge in [0.25, 0.3) is 0 Å². The van der Waals surface area contributed by atoms with Crippen molar-refractivity contribution in [2.24, 2.45) is 11.7 Å². The minimum absolute atomic E-state index is 0.0241. The molecule has 1 rings (SSSR count). The average Bonchev–Trinajstić information content (AvgIpc) is 2.01. The van der Waals surface area contributed by atoms with Gasteiger partial charge in [0.15, 0.2) is 0 Å². The van der Waals surface area contributed by atoms with Crippen LogP contribution in [-0.2, 0) is 4.79 Å². The van der Waals surface area contributed by atoms with Crippen molar-refractivity contribution in [3.63, 3.8) is 0 Å². The van der Waals surface area contributed by atoms with Crippen molar-refractivity contribution in [2.75, 3.05) is 13.1 Å². The Morgan fingerprint density at radius 1 is 1.83 bits per heavy atom. The third kappa shape index (κ3) is 1.56. The maximum absolute atomic E-state index is 11.3. The van der Waals surface area contributed by atoms with Crippen molar-refractivity contribution < 1.29 is 4.79 Å². The van der Waals surface area contributed by atoms with Gasteiger partial charge in [-0.25, -0.2) is 0 Å². The summed E-state index contributed by atoms with van der Waals surface area (Å²) >= 11 is 0. The van der Waals surface area contributed by atoms with Gasteiger partial charge in [-0.2, -0.15) is 5.26 Å². The Bertz CT molecular complexity index is 215. The Morgan fingerprint density at radius 3 is 2.83 bits per heavy atom. The second kappa shape index (κ2) is 3.55. The Balaban J connectivity index is 2.34. The lowest BCUT2D eigenvalue weighted by molar-refractivity contribution is -0.137. The van der Waals surface area contributed by atoms with E-state index in [9.17, 15) is 4.79 Å². The van der Waals surface area contributed by atoms with Crippen LogP contribution in [0.5, 0.6) is 0 Å². The van der Waals surface area contributed by atoms with Gasteiger partial charge in [0.2, 0.25) is 5.91 Å². The average molecular weight is 167 g/mol. The number of amides is 1. The Labute approximate surface area is 71.9 Å². The number of hydrogen-bond acceptors (Lipinski definition) is 3. The van der Waals surface area contributed by atoms with Crippen LogP contribution in [0.4, 0.5) is 0 Å². The number of nitrogens with zero attached hydrogens (tertiary/aromatic N) is 2. The number of nitrogens with two attached hydrogens (primary N) is 1. The number of carbonyl (C=O) groups is 1. The van der Waals surface area contributed by atoms with Crippen LogP contribution in [0.2, 0.25) is 0 Å². The quantitative estimate of drug-likeness (QED) is 0.614. The molecule has 4 heteroatoms. The van der Waals surface area contributed by atoms with E-state index in [4.69, 9.17) is 11.0 Å². The van der Waals surface area contributed by atoms with Gasteiger partial charge in [0.1, 0.15) is 0 Å². The summed E-state index contributed by atoms with van der Waals surface area (Å²) in [5.41, 5.74) is 5.54. The van der Waals surface area contributed by atoms with Gasteiger partial charge in [-0.05, 0) is 6.42 Å². The van der Waals surface area contributed by atoms with Crippen LogP contribution in [0.25, 0.3) is 0 Å². The topological polar surface area (TPSA) is 70.1 Å². The van der Waals surface area contributed by atoms with Gasteiger partial charge in [-0.3, -0.25) is 4.79 Å². The minimum atomic E-state index is -0.385. The molecule has 0 saturated carbocycles. The van der Waals surface area contributed by atoms with Crippen LogP contribution < -0.4 is 5.73 Å². The largest absolute Gasteiger partial charge is 0.339 e. The molecule has 12 heavy (non-hydrogen) atoms. The van der Waals surface area contributed by atoms with Crippen molar-refractivity contribution in [1.29, 1.82) is 5.26 Å². The highest BCUT2D eigenvalue weighted by atomic mass is 16.2. The molecule has 4 nitrogen and oxygen atoms in total. The zero-order valence-corrected chi connectivity index (χ0v) is 7.16. The molecule has 0 aromatic carbocycles. The van der Waals surface area contributed by atoms with Gasteiger partial charge in [-0.1, -0.05) is 6.92 Å². The van der Waals surface area contributed by atoms with Crippen molar-refractivity contribution in [3.05, 3.63) is 0 Å². The number of hydrogen-bond donors (Lipinski definition) is 1. The molecule has 0 spiro atoms. The zero-order chi connectivity index (χ0) is 9.14. The highest BCUT2D eigenvalue weighted by Crippen LogP contribution is 2.15. The van der Waals surface area contributed by atoms with Crippen molar-refractivity contribution in [3.8, 4) is 6.07 Å². The smallest absolute Gasteiger partial charge is 0.239 e. The molecule has 0 bridgehead atoms. The Morgan fingerprint density at radius 2 is 2.42 bits per heavy atom. The second-order valence-corrected chi connectivity index (χ2v) is 3.08. The second-order valence-electron chi connectivity index (χ2n) is 3.08. The molecule has 0 aliphatic carbocycles. The molecular weight excluding hydrogens is 154 g/mol. The van der Waals surface area contributed by atoms with Gasteiger partial charge in [0, 0.05) is 13.1 Å². The Hall–Kier alpha value is -1.08. The number of likely N-dealkylation sites (tertiary alicyclic amines) is 1. The van der Waals surface area contributed by atoms with E-state index < -0.39 is 0 Å². The van der Waals surface area contributed by atoms with E-state index in [1.54, 1.807) is 4.90 Å². The van der Waals surface area contributed by atoms with E-state index in [1.807, 2.05) is 6.92 Å².